The molecule has 66 heavy (non-hydrogen) atoms. The van der Waals surface area contributed by atoms with Crippen LogP contribution >= 0.6 is 0 Å². The molecule has 0 radical (unpaired) electrons. The Bertz CT molecular complexity index is 3120. The first kappa shape index (κ1) is 48.6. The van der Waals surface area contributed by atoms with Crippen LogP contribution in [0.1, 0.15) is 93.2 Å². The van der Waals surface area contributed by atoms with Crippen LogP contribution in [0.25, 0.3) is 18.2 Å². The molecule has 3 aliphatic heterocycles. The highest BCUT2D eigenvalue weighted by Crippen LogP contribution is 2.42. The Morgan fingerprint density at radius 1 is 0.530 bits per heavy atom. The van der Waals surface area contributed by atoms with E-state index in [9.17, 15) is 44.0 Å². The van der Waals surface area contributed by atoms with E-state index < -0.39 is 46.9 Å². The van der Waals surface area contributed by atoms with E-state index in [1.807, 2.05) is 120 Å². The number of phenols is 1. The molecule has 4 N–H and O–H groups in total. The van der Waals surface area contributed by atoms with Gasteiger partial charge in [-0.05, 0) is 70.5 Å². The molecule has 16 heteroatoms. The fourth-order valence-electron chi connectivity index (χ4n) is 9.67. The van der Waals surface area contributed by atoms with Crippen molar-refractivity contribution in [2.24, 2.45) is 0 Å². The molecule has 13 nitrogen and oxygen atoms in total. The van der Waals surface area contributed by atoms with Gasteiger partial charge in [-0.25, -0.2) is 0 Å². The van der Waals surface area contributed by atoms with Gasteiger partial charge in [-0.2, -0.15) is 39.0 Å². The van der Waals surface area contributed by atoms with Crippen LogP contribution in [0, 0.1) is 0 Å². The zero-order valence-electron chi connectivity index (χ0n) is 37.8. The molecule has 1 atom stereocenters. The Labute approximate surface area is 388 Å². The highest BCUT2D eigenvalue weighted by atomic mass is 32.2. The maximum Gasteiger partial charge on any atom is 0.265 e. The van der Waals surface area contributed by atoms with E-state index in [0.717, 1.165) is 56.5 Å². The first-order valence-electron chi connectivity index (χ1n) is 22.0. The SMILES string of the molecule is CC1C(C=Cc2cc(C=CC3=[N+](CCCS(=O)(=O)O)c4ccccc4C3(C)C)cc(C=CC3=[N+](CCCS(=O)(=O)O)c4ccccc4C3(C)C)c2O)=[N+](CCCS(=O)(=O)O)c2ccccc21. The second kappa shape index (κ2) is 18.7. The minimum atomic E-state index is -4.18. The lowest BCUT2D eigenvalue weighted by Crippen LogP contribution is -2.28. The molecule has 0 aromatic heterocycles. The van der Waals surface area contributed by atoms with Crippen molar-refractivity contribution in [3.63, 3.8) is 0 Å². The maximum atomic E-state index is 12.1. The Kier molecular flexibility index (Phi) is 13.8. The molecule has 4 aromatic carbocycles. The van der Waals surface area contributed by atoms with Crippen LogP contribution in [-0.2, 0) is 41.2 Å². The number of fused-ring (bicyclic) bond motifs is 3. The third kappa shape index (κ3) is 10.6. The van der Waals surface area contributed by atoms with E-state index in [2.05, 4.69) is 49.8 Å². The molecule has 3 heterocycles. The van der Waals surface area contributed by atoms with Crippen molar-refractivity contribution in [3.05, 3.63) is 137 Å². The van der Waals surface area contributed by atoms with Crippen LogP contribution in [0.15, 0.2) is 103 Å². The fraction of sp³-hybridized carbons (Fsp3) is 0.340. The van der Waals surface area contributed by atoms with E-state index in [1.165, 1.54) is 0 Å². The van der Waals surface area contributed by atoms with Crippen molar-refractivity contribution in [1.29, 1.82) is 0 Å². The van der Waals surface area contributed by atoms with Crippen molar-refractivity contribution >= 4 is 82.8 Å². The summed E-state index contributed by atoms with van der Waals surface area (Å²) in [6.07, 6.45) is 12.1. The first-order chi connectivity index (χ1) is 31.0. The van der Waals surface area contributed by atoms with E-state index in [1.54, 1.807) is 0 Å². The van der Waals surface area contributed by atoms with E-state index in [-0.39, 0.29) is 42.4 Å². The van der Waals surface area contributed by atoms with Crippen LogP contribution in [0.3, 0.4) is 0 Å². The number of hydrogen-bond donors (Lipinski definition) is 4. The predicted octanol–water partition coefficient (Wildman–Crippen LogP) is 8.32. The summed E-state index contributed by atoms with van der Waals surface area (Å²) in [5, 5.41) is 12.1. The van der Waals surface area contributed by atoms with E-state index in [0.29, 0.717) is 30.8 Å². The molecule has 0 spiro atoms. The normalized spacial score (nSPS) is 18.1. The van der Waals surface area contributed by atoms with Crippen LogP contribution < -0.4 is 0 Å². The van der Waals surface area contributed by atoms with Gasteiger partial charge in [0.2, 0.25) is 17.1 Å². The average molecular weight is 957 g/mol. The Balaban J connectivity index is 1.35. The number of benzene rings is 4. The second-order valence-electron chi connectivity index (χ2n) is 18.2. The lowest BCUT2D eigenvalue weighted by molar-refractivity contribution is -0.437. The van der Waals surface area contributed by atoms with Crippen LogP contribution in [0.4, 0.5) is 17.1 Å². The summed E-state index contributed by atoms with van der Waals surface area (Å²) >= 11 is 0. The van der Waals surface area contributed by atoms with Gasteiger partial charge < -0.3 is 5.11 Å². The minimum absolute atomic E-state index is 0.00118. The second-order valence-corrected chi connectivity index (χ2v) is 22.9. The number of nitrogens with zero attached hydrogens (tertiary/aromatic N) is 3. The maximum absolute atomic E-state index is 12.1. The summed E-state index contributed by atoms with van der Waals surface area (Å²) in [6, 6.07) is 27.5. The molecule has 348 valence electrons. The van der Waals surface area contributed by atoms with Gasteiger partial charge in [0, 0.05) is 83.5 Å². The first-order valence-corrected chi connectivity index (χ1v) is 26.8. The highest BCUT2D eigenvalue weighted by Gasteiger charge is 2.45. The molecule has 1 unspecified atom stereocenters. The van der Waals surface area contributed by atoms with E-state index >= 15 is 0 Å². The quantitative estimate of drug-likeness (QED) is 0.0557. The highest BCUT2D eigenvalue weighted by molar-refractivity contribution is 7.86. The van der Waals surface area contributed by atoms with Gasteiger partial charge in [0.1, 0.15) is 25.4 Å². The summed E-state index contributed by atoms with van der Waals surface area (Å²) < 4.78 is 105. The van der Waals surface area contributed by atoms with Crippen molar-refractivity contribution < 1.29 is 57.7 Å². The Morgan fingerprint density at radius 3 is 1.39 bits per heavy atom. The topological polar surface area (TPSA) is 192 Å². The number of para-hydroxylation sites is 3. The molecule has 7 rings (SSSR count). The van der Waals surface area contributed by atoms with Gasteiger partial charge in [0.25, 0.3) is 30.4 Å². The summed E-state index contributed by atoms with van der Waals surface area (Å²) in [6.45, 7) is 11.4. The van der Waals surface area contributed by atoms with Crippen molar-refractivity contribution in [2.75, 3.05) is 36.9 Å². The van der Waals surface area contributed by atoms with Gasteiger partial charge in [0.15, 0.2) is 17.1 Å². The molecule has 4 aromatic rings. The number of allylic oxidation sites excluding steroid dienone is 3. The molecule has 3 aliphatic rings. The summed E-state index contributed by atoms with van der Waals surface area (Å²) in [7, 11) is -12.5. The van der Waals surface area contributed by atoms with Gasteiger partial charge in [-0.1, -0.05) is 54.6 Å². The summed E-state index contributed by atoms with van der Waals surface area (Å²) in [5.41, 5.74) is 9.38. The molecule has 0 fully saturated rings. The van der Waals surface area contributed by atoms with Crippen LogP contribution in [0.2, 0.25) is 0 Å². The zero-order valence-corrected chi connectivity index (χ0v) is 40.2. The number of aromatic hydroxyl groups is 1. The zero-order chi connectivity index (χ0) is 47.8. The fourth-order valence-corrected chi connectivity index (χ4v) is 11.1. The molecule has 0 saturated carbocycles. The summed E-state index contributed by atoms with van der Waals surface area (Å²) in [5.74, 6) is -1.24. The van der Waals surface area contributed by atoms with Crippen LogP contribution in [0.5, 0.6) is 5.75 Å². The largest absolute Gasteiger partial charge is 0.507 e. The Morgan fingerprint density at radius 2 is 0.924 bits per heavy atom. The average Bonchev–Trinajstić information content (AvgIpc) is 3.72. The van der Waals surface area contributed by atoms with Gasteiger partial charge in [-0.3, -0.25) is 13.7 Å². The van der Waals surface area contributed by atoms with Crippen LogP contribution in [-0.4, -0.2) is 112 Å². The van der Waals surface area contributed by atoms with Crippen molar-refractivity contribution in [2.45, 2.75) is 70.6 Å². The van der Waals surface area contributed by atoms with Gasteiger partial charge >= 0.3 is 0 Å². The number of hydrogen-bond acceptors (Lipinski definition) is 7. The molecule has 0 aliphatic carbocycles. The third-order valence-electron chi connectivity index (χ3n) is 12.9. The predicted molar refractivity (Wildman–Crippen MR) is 261 cm³/mol. The monoisotopic (exact) mass is 956 g/mol. The Hall–Kier alpha value is -5.36. The van der Waals surface area contributed by atoms with Gasteiger partial charge in [-0.15, -0.1) is 0 Å². The third-order valence-corrected chi connectivity index (χ3v) is 15.3. The number of rotatable bonds is 18. The van der Waals surface area contributed by atoms with Gasteiger partial charge in [0.05, 0.1) is 34.0 Å². The molecule has 0 saturated heterocycles. The lowest BCUT2D eigenvalue weighted by atomic mass is 9.81. The lowest BCUT2D eigenvalue weighted by Gasteiger charge is -2.16. The smallest absolute Gasteiger partial charge is 0.265 e. The molecule has 0 amide bonds. The molecular weight excluding hydrogens is 899 g/mol. The minimum Gasteiger partial charge on any atom is -0.507 e. The number of phenolic OH excluding ortho intramolecular Hbond substituents is 1. The molecular formula is C50H58N3O10S3+3. The van der Waals surface area contributed by atoms with Crippen molar-refractivity contribution in [1.82, 2.24) is 0 Å². The summed E-state index contributed by atoms with van der Waals surface area (Å²) in [4.78, 5) is 0. The standard InChI is InChI=1S/C50H55N3O10S3/c1-35-39-15-6-9-18-43(39)51(27-12-30-64(55,56)57)42(35)24-22-37-33-36(21-25-46-49(2,3)40-16-7-10-19-44(40)52(46)28-13-31-65(58,59)60)34-38(48(37)54)23-26-47-50(4,5)41-17-8-11-20-45(41)53(47)29-14-32-66(61,62)63/h6-11,15-26,33-35H,12-14,27-32H2,1-5H3,(H-2,55,56,57,58,59,60,61,62,63)/p+3. The van der Waals surface area contributed by atoms with E-state index in [4.69, 9.17) is 0 Å². The molecule has 0 bridgehead atoms. The van der Waals surface area contributed by atoms with Crippen molar-refractivity contribution in [3.8, 4) is 5.75 Å².